The molecular weight excluding hydrogens is 252 g/mol. The van der Waals surface area contributed by atoms with Gasteiger partial charge in [-0.3, -0.25) is 0 Å². The second-order valence-corrected chi connectivity index (χ2v) is 6.94. The smallest absolute Gasteiger partial charge is 0.208 e. The summed E-state index contributed by atoms with van der Waals surface area (Å²) in [5, 5.41) is 3.05. The maximum atomic E-state index is 10.9. The average molecular weight is 272 g/mol. The highest BCUT2D eigenvalue weighted by Crippen LogP contribution is 2.18. The molecular formula is C11H20N4O2S. The molecule has 0 atom stereocenters. The van der Waals surface area contributed by atoms with Crippen LogP contribution in [0.1, 0.15) is 26.6 Å². The van der Waals surface area contributed by atoms with Crippen LogP contribution in [0.4, 0.5) is 5.82 Å². The van der Waals surface area contributed by atoms with E-state index in [1.165, 1.54) is 0 Å². The molecule has 0 spiro atoms. The molecule has 0 aliphatic heterocycles. The summed E-state index contributed by atoms with van der Waals surface area (Å²) >= 11 is 0. The third kappa shape index (κ3) is 5.42. The van der Waals surface area contributed by atoms with Crippen molar-refractivity contribution < 1.29 is 8.42 Å². The van der Waals surface area contributed by atoms with Gasteiger partial charge in [-0.1, -0.05) is 20.8 Å². The van der Waals surface area contributed by atoms with Crippen LogP contribution in [0.2, 0.25) is 0 Å². The number of hydrogen-bond acceptors (Lipinski definition) is 5. The standard InChI is InChI=1S/C11H20N4O2S/c1-11(2,3)10-13-6-5-9(15-10)12-7-8-14-18(4,16)17/h5-6,14H,7-8H2,1-4H3,(H,12,13,15). The lowest BCUT2D eigenvalue weighted by atomic mass is 9.96. The van der Waals surface area contributed by atoms with Gasteiger partial charge in [-0.15, -0.1) is 0 Å². The monoisotopic (exact) mass is 272 g/mol. The molecule has 1 aromatic heterocycles. The first-order chi connectivity index (χ1) is 8.18. The minimum absolute atomic E-state index is 0.108. The lowest BCUT2D eigenvalue weighted by Gasteiger charge is -2.17. The van der Waals surface area contributed by atoms with Crippen molar-refractivity contribution in [3.05, 3.63) is 18.1 Å². The zero-order valence-electron chi connectivity index (χ0n) is 11.2. The number of nitrogens with zero attached hydrogens (tertiary/aromatic N) is 2. The molecule has 0 aromatic carbocycles. The summed E-state index contributed by atoms with van der Waals surface area (Å²) in [4.78, 5) is 8.59. The van der Waals surface area contributed by atoms with Crippen molar-refractivity contribution in [2.75, 3.05) is 24.7 Å². The van der Waals surface area contributed by atoms with E-state index in [9.17, 15) is 8.42 Å². The van der Waals surface area contributed by atoms with Gasteiger partial charge in [-0.05, 0) is 6.07 Å². The van der Waals surface area contributed by atoms with E-state index in [-0.39, 0.29) is 5.41 Å². The Morgan fingerprint density at radius 1 is 1.28 bits per heavy atom. The van der Waals surface area contributed by atoms with Crippen molar-refractivity contribution in [2.24, 2.45) is 0 Å². The summed E-state index contributed by atoms with van der Waals surface area (Å²) in [5.74, 6) is 1.45. The van der Waals surface area contributed by atoms with Crippen LogP contribution < -0.4 is 10.0 Å². The summed E-state index contributed by atoms with van der Waals surface area (Å²) in [6, 6.07) is 1.76. The molecule has 0 saturated carbocycles. The fourth-order valence-corrected chi connectivity index (χ4v) is 1.72. The lowest BCUT2D eigenvalue weighted by Crippen LogP contribution is -2.28. The Kier molecular flexibility index (Phi) is 4.64. The maximum absolute atomic E-state index is 10.9. The summed E-state index contributed by atoms with van der Waals surface area (Å²) in [5.41, 5.74) is -0.108. The summed E-state index contributed by atoms with van der Waals surface area (Å²) < 4.78 is 24.1. The molecule has 0 aliphatic rings. The molecule has 1 heterocycles. The quantitative estimate of drug-likeness (QED) is 0.772. The van der Waals surface area contributed by atoms with Gasteiger partial charge in [0, 0.05) is 24.7 Å². The van der Waals surface area contributed by atoms with E-state index in [0.717, 1.165) is 12.1 Å². The Labute approximate surface area is 108 Å². The Hall–Kier alpha value is -1.21. The SMILES string of the molecule is CC(C)(C)c1nccc(NCCNS(C)(=O)=O)n1. The number of sulfonamides is 1. The molecule has 0 saturated heterocycles. The molecule has 18 heavy (non-hydrogen) atoms. The van der Waals surface area contributed by atoms with Gasteiger partial charge in [-0.25, -0.2) is 23.1 Å². The first-order valence-electron chi connectivity index (χ1n) is 5.70. The van der Waals surface area contributed by atoms with Gasteiger partial charge in [0.1, 0.15) is 11.6 Å². The molecule has 0 bridgehead atoms. The van der Waals surface area contributed by atoms with Crippen molar-refractivity contribution in [1.82, 2.24) is 14.7 Å². The number of nitrogens with one attached hydrogen (secondary N) is 2. The predicted molar refractivity (Wildman–Crippen MR) is 72.1 cm³/mol. The van der Waals surface area contributed by atoms with E-state index < -0.39 is 10.0 Å². The van der Waals surface area contributed by atoms with E-state index in [1.54, 1.807) is 12.3 Å². The summed E-state index contributed by atoms with van der Waals surface area (Å²) in [6.07, 6.45) is 2.83. The largest absolute Gasteiger partial charge is 0.369 e. The van der Waals surface area contributed by atoms with Gasteiger partial charge >= 0.3 is 0 Å². The van der Waals surface area contributed by atoms with Gasteiger partial charge in [0.2, 0.25) is 10.0 Å². The molecule has 0 aliphatic carbocycles. The highest BCUT2D eigenvalue weighted by atomic mass is 32.2. The third-order valence-corrected chi connectivity index (χ3v) is 2.85. The molecule has 1 rings (SSSR count). The zero-order valence-corrected chi connectivity index (χ0v) is 12.0. The number of hydrogen-bond donors (Lipinski definition) is 2. The highest BCUT2D eigenvalue weighted by molar-refractivity contribution is 7.88. The second-order valence-electron chi connectivity index (χ2n) is 5.11. The van der Waals surface area contributed by atoms with Crippen LogP contribution in [0.25, 0.3) is 0 Å². The van der Waals surface area contributed by atoms with Crippen LogP contribution in [0, 0.1) is 0 Å². The van der Waals surface area contributed by atoms with E-state index in [1.807, 2.05) is 20.8 Å². The first-order valence-corrected chi connectivity index (χ1v) is 7.60. The van der Waals surface area contributed by atoms with Crippen LogP contribution in [0.3, 0.4) is 0 Å². The van der Waals surface area contributed by atoms with Crippen molar-refractivity contribution in [3.8, 4) is 0 Å². The first kappa shape index (κ1) is 14.8. The Morgan fingerprint density at radius 2 is 1.94 bits per heavy atom. The predicted octanol–water partition coefficient (Wildman–Crippen LogP) is 0.735. The van der Waals surface area contributed by atoms with Gasteiger partial charge < -0.3 is 5.32 Å². The van der Waals surface area contributed by atoms with Gasteiger partial charge in [0.25, 0.3) is 0 Å². The van der Waals surface area contributed by atoms with E-state index in [4.69, 9.17) is 0 Å². The zero-order chi connectivity index (χ0) is 13.8. The number of aromatic nitrogens is 2. The number of rotatable bonds is 5. The van der Waals surface area contributed by atoms with Gasteiger partial charge in [0.05, 0.1) is 6.26 Å². The summed E-state index contributed by atoms with van der Waals surface area (Å²) in [6.45, 7) is 6.92. The Bertz CT molecular complexity index is 494. The Morgan fingerprint density at radius 3 is 2.50 bits per heavy atom. The molecule has 0 amide bonds. The Balaban J connectivity index is 2.53. The maximum Gasteiger partial charge on any atom is 0.208 e. The molecule has 2 N–H and O–H groups in total. The minimum Gasteiger partial charge on any atom is -0.369 e. The second kappa shape index (κ2) is 5.62. The van der Waals surface area contributed by atoms with Crippen molar-refractivity contribution in [2.45, 2.75) is 26.2 Å². The fourth-order valence-electron chi connectivity index (χ4n) is 1.25. The van der Waals surface area contributed by atoms with Crippen LogP contribution in [-0.2, 0) is 15.4 Å². The topological polar surface area (TPSA) is 84.0 Å². The fraction of sp³-hybridized carbons (Fsp3) is 0.636. The molecule has 0 unspecified atom stereocenters. The van der Waals surface area contributed by atoms with Crippen LogP contribution >= 0.6 is 0 Å². The van der Waals surface area contributed by atoms with Gasteiger partial charge in [-0.2, -0.15) is 0 Å². The highest BCUT2D eigenvalue weighted by Gasteiger charge is 2.17. The third-order valence-electron chi connectivity index (χ3n) is 2.12. The molecule has 102 valence electrons. The van der Waals surface area contributed by atoms with Crippen molar-refractivity contribution >= 4 is 15.8 Å². The lowest BCUT2D eigenvalue weighted by molar-refractivity contribution is 0.546. The molecule has 7 heteroatoms. The number of anilines is 1. The van der Waals surface area contributed by atoms with E-state index in [2.05, 4.69) is 20.0 Å². The van der Waals surface area contributed by atoms with E-state index in [0.29, 0.717) is 18.9 Å². The molecule has 1 aromatic rings. The molecule has 0 radical (unpaired) electrons. The molecule has 6 nitrogen and oxygen atoms in total. The van der Waals surface area contributed by atoms with Crippen LogP contribution in [-0.4, -0.2) is 37.7 Å². The average Bonchev–Trinajstić information content (AvgIpc) is 2.22. The van der Waals surface area contributed by atoms with E-state index >= 15 is 0 Å². The minimum atomic E-state index is -3.13. The summed E-state index contributed by atoms with van der Waals surface area (Å²) in [7, 11) is -3.13. The van der Waals surface area contributed by atoms with Crippen LogP contribution in [0.5, 0.6) is 0 Å². The molecule has 0 fully saturated rings. The van der Waals surface area contributed by atoms with Crippen molar-refractivity contribution in [3.63, 3.8) is 0 Å². The van der Waals surface area contributed by atoms with Gasteiger partial charge in [0.15, 0.2) is 0 Å². The normalized spacial score (nSPS) is 12.4. The van der Waals surface area contributed by atoms with Crippen LogP contribution in [0.15, 0.2) is 12.3 Å². The van der Waals surface area contributed by atoms with Crippen molar-refractivity contribution in [1.29, 1.82) is 0 Å².